The number of halogens is 4. The van der Waals surface area contributed by atoms with Gasteiger partial charge in [0, 0.05) is 19.3 Å². The third kappa shape index (κ3) is 13.3. The SMILES string of the molecule is CCCCCCCCCCCOc1ccc(-c2ccc(C(=O)Oc3ccc(C(=O)OC(CCCOCC)C(F)(F)F)c(F)c3)cc2)cc1. The zero-order valence-corrected chi connectivity index (χ0v) is 27.8. The molecule has 0 N–H and O–H groups in total. The summed E-state index contributed by atoms with van der Waals surface area (Å²) in [6, 6.07) is 17.1. The van der Waals surface area contributed by atoms with Crippen LogP contribution in [-0.2, 0) is 9.47 Å². The molecule has 1 unspecified atom stereocenters. The number of hydrogen-bond donors (Lipinski definition) is 0. The molecular weight excluding hydrogens is 628 g/mol. The highest BCUT2D eigenvalue weighted by atomic mass is 19.4. The highest BCUT2D eigenvalue weighted by Gasteiger charge is 2.42. The molecule has 0 bridgehead atoms. The third-order valence-electron chi connectivity index (χ3n) is 7.77. The molecule has 6 nitrogen and oxygen atoms in total. The molecule has 0 aliphatic rings. The van der Waals surface area contributed by atoms with Crippen LogP contribution in [-0.4, -0.2) is 44.0 Å². The van der Waals surface area contributed by atoms with Crippen molar-refractivity contribution in [3.8, 4) is 22.6 Å². The maximum absolute atomic E-state index is 14.7. The maximum Gasteiger partial charge on any atom is 0.425 e. The fourth-order valence-electron chi connectivity index (χ4n) is 5.03. The molecule has 0 heterocycles. The van der Waals surface area contributed by atoms with E-state index in [1.165, 1.54) is 44.9 Å². The number of alkyl halides is 3. The van der Waals surface area contributed by atoms with Crippen LogP contribution in [0.5, 0.6) is 11.5 Å². The largest absolute Gasteiger partial charge is 0.494 e. The summed E-state index contributed by atoms with van der Waals surface area (Å²) in [6.07, 6.45) is 3.54. The summed E-state index contributed by atoms with van der Waals surface area (Å²) in [5.41, 5.74) is 1.28. The topological polar surface area (TPSA) is 71.1 Å². The highest BCUT2D eigenvalue weighted by Crippen LogP contribution is 2.29. The zero-order valence-electron chi connectivity index (χ0n) is 27.8. The van der Waals surface area contributed by atoms with Gasteiger partial charge in [-0.2, -0.15) is 13.2 Å². The predicted molar refractivity (Wildman–Crippen MR) is 177 cm³/mol. The summed E-state index contributed by atoms with van der Waals surface area (Å²) < 4.78 is 75.5. The Kier molecular flexibility index (Phi) is 16.4. The van der Waals surface area contributed by atoms with Crippen molar-refractivity contribution in [2.24, 2.45) is 0 Å². The van der Waals surface area contributed by atoms with Gasteiger partial charge in [-0.15, -0.1) is 0 Å². The molecule has 1 atom stereocenters. The van der Waals surface area contributed by atoms with Gasteiger partial charge >= 0.3 is 18.1 Å². The van der Waals surface area contributed by atoms with Gasteiger partial charge < -0.3 is 18.9 Å². The number of carbonyl (C=O) groups excluding carboxylic acids is 2. The van der Waals surface area contributed by atoms with Gasteiger partial charge in [-0.25, -0.2) is 14.0 Å². The minimum atomic E-state index is -4.83. The second-order valence-electron chi connectivity index (χ2n) is 11.6. The number of carbonyl (C=O) groups is 2. The molecule has 0 aromatic heterocycles. The van der Waals surface area contributed by atoms with Gasteiger partial charge in [0.15, 0.2) is 6.10 Å². The van der Waals surface area contributed by atoms with E-state index in [4.69, 9.17) is 14.2 Å². The molecule has 0 saturated heterocycles. The fourth-order valence-corrected chi connectivity index (χ4v) is 5.03. The summed E-state index contributed by atoms with van der Waals surface area (Å²) in [7, 11) is 0. The number of benzene rings is 3. The zero-order chi connectivity index (χ0) is 34.8. The van der Waals surface area contributed by atoms with E-state index in [9.17, 15) is 27.2 Å². The lowest BCUT2D eigenvalue weighted by Gasteiger charge is -2.21. The van der Waals surface area contributed by atoms with E-state index in [1.54, 1.807) is 31.2 Å². The lowest BCUT2D eigenvalue weighted by molar-refractivity contribution is -0.206. The van der Waals surface area contributed by atoms with Gasteiger partial charge in [0.25, 0.3) is 0 Å². The predicted octanol–water partition coefficient (Wildman–Crippen LogP) is 10.5. The summed E-state index contributed by atoms with van der Waals surface area (Å²) in [5.74, 6) is -2.86. The van der Waals surface area contributed by atoms with Crippen LogP contribution in [0.3, 0.4) is 0 Å². The van der Waals surface area contributed by atoms with Crippen LogP contribution in [0.15, 0.2) is 66.7 Å². The molecular formula is C38H46F4O6. The van der Waals surface area contributed by atoms with Crippen LogP contribution in [0.2, 0.25) is 0 Å². The van der Waals surface area contributed by atoms with E-state index in [0.29, 0.717) is 13.2 Å². The van der Waals surface area contributed by atoms with Gasteiger partial charge in [0.1, 0.15) is 17.3 Å². The molecule has 0 spiro atoms. The molecule has 3 rings (SSSR count). The number of hydrogen-bond acceptors (Lipinski definition) is 6. The quantitative estimate of drug-likeness (QED) is 0.0485. The second kappa shape index (κ2) is 20.4. The lowest BCUT2D eigenvalue weighted by Crippen LogP contribution is -2.34. The maximum atomic E-state index is 14.7. The van der Waals surface area contributed by atoms with Crippen LogP contribution in [0, 0.1) is 5.82 Å². The first kappa shape index (κ1) is 38.5. The fraction of sp³-hybridized carbons (Fsp3) is 0.474. The summed E-state index contributed by atoms with van der Waals surface area (Å²) in [6.45, 7) is 5.02. The Morgan fingerprint density at radius 3 is 1.85 bits per heavy atom. The van der Waals surface area contributed by atoms with Crippen LogP contribution >= 0.6 is 0 Å². The Hall–Kier alpha value is -3.92. The van der Waals surface area contributed by atoms with E-state index in [-0.39, 0.29) is 24.3 Å². The molecule has 3 aromatic rings. The van der Waals surface area contributed by atoms with Crippen molar-refractivity contribution in [1.29, 1.82) is 0 Å². The van der Waals surface area contributed by atoms with Crippen molar-refractivity contribution < 1.29 is 46.1 Å². The summed E-state index contributed by atoms with van der Waals surface area (Å²) in [4.78, 5) is 25.0. The van der Waals surface area contributed by atoms with E-state index in [2.05, 4.69) is 11.7 Å². The molecule has 48 heavy (non-hydrogen) atoms. The number of esters is 2. The first-order valence-corrected chi connectivity index (χ1v) is 16.8. The average molecular weight is 675 g/mol. The van der Waals surface area contributed by atoms with Crippen molar-refractivity contribution in [3.05, 3.63) is 83.7 Å². The van der Waals surface area contributed by atoms with Gasteiger partial charge in [-0.3, -0.25) is 0 Å². The van der Waals surface area contributed by atoms with E-state index < -0.39 is 42.0 Å². The van der Waals surface area contributed by atoms with Crippen molar-refractivity contribution in [2.45, 2.75) is 96.8 Å². The van der Waals surface area contributed by atoms with Crippen LogP contribution < -0.4 is 9.47 Å². The summed E-state index contributed by atoms with van der Waals surface area (Å²) >= 11 is 0. The second-order valence-corrected chi connectivity index (χ2v) is 11.6. The van der Waals surface area contributed by atoms with Gasteiger partial charge in [-0.05, 0) is 73.7 Å². The van der Waals surface area contributed by atoms with Crippen LogP contribution in [0.1, 0.15) is 105 Å². The van der Waals surface area contributed by atoms with E-state index in [1.807, 2.05) is 24.3 Å². The Labute approximate surface area is 280 Å². The van der Waals surface area contributed by atoms with Crippen LogP contribution in [0.25, 0.3) is 11.1 Å². The average Bonchev–Trinajstić information content (AvgIpc) is 3.07. The smallest absolute Gasteiger partial charge is 0.425 e. The number of rotatable bonds is 21. The molecule has 0 saturated carbocycles. The van der Waals surface area contributed by atoms with Crippen LogP contribution in [0.4, 0.5) is 17.6 Å². The normalized spacial score (nSPS) is 12.0. The molecule has 10 heteroatoms. The molecule has 3 aromatic carbocycles. The Bertz CT molecular complexity index is 1390. The van der Waals surface area contributed by atoms with E-state index >= 15 is 0 Å². The Balaban J connectivity index is 1.47. The first-order chi connectivity index (χ1) is 23.1. The highest BCUT2D eigenvalue weighted by molar-refractivity contribution is 5.92. The standard InChI is InChI=1S/C38H46F4O6/c1-3-5-6-7-8-9-10-11-12-26-46-31-21-19-29(20-22-31)28-15-17-30(18-16-28)36(43)47-32-23-24-33(34(39)27-32)37(44)48-35(38(40,41)42)14-13-25-45-4-2/h15-24,27,35H,3-14,25-26H2,1-2H3. The minimum Gasteiger partial charge on any atom is -0.494 e. The Morgan fingerprint density at radius 1 is 0.688 bits per heavy atom. The van der Waals surface area contributed by atoms with Gasteiger partial charge in [-0.1, -0.05) is 82.6 Å². The molecule has 0 fully saturated rings. The first-order valence-electron chi connectivity index (χ1n) is 16.8. The molecule has 0 aliphatic carbocycles. The van der Waals surface area contributed by atoms with Crippen molar-refractivity contribution in [1.82, 2.24) is 0 Å². The minimum absolute atomic E-state index is 0.00433. The van der Waals surface area contributed by atoms with Crippen molar-refractivity contribution in [3.63, 3.8) is 0 Å². The molecule has 0 aliphatic heterocycles. The number of unbranched alkanes of at least 4 members (excludes halogenated alkanes) is 8. The number of ether oxygens (including phenoxy) is 4. The van der Waals surface area contributed by atoms with E-state index in [0.717, 1.165) is 47.9 Å². The van der Waals surface area contributed by atoms with Gasteiger partial charge in [0.05, 0.1) is 17.7 Å². The molecule has 262 valence electrons. The monoisotopic (exact) mass is 674 g/mol. The van der Waals surface area contributed by atoms with Crippen molar-refractivity contribution >= 4 is 11.9 Å². The third-order valence-corrected chi connectivity index (χ3v) is 7.77. The Morgan fingerprint density at radius 2 is 1.27 bits per heavy atom. The molecule has 0 radical (unpaired) electrons. The van der Waals surface area contributed by atoms with Gasteiger partial charge in [0.2, 0.25) is 0 Å². The molecule has 0 amide bonds. The summed E-state index contributed by atoms with van der Waals surface area (Å²) in [5, 5.41) is 0. The van der Waals surface area contributed by atoms with Crippen molar-refractivity contribution in [2.75, 3.05) is 19.8 Å². The lowest BCUT2D eigenvalue weighted by atomic mass is 10.0.